The lowest BCUT2D eigenvalue weighted by Crippen LogP contribution is -2.37. The van der Waals surface area contributed by atoms with Crippen molar-refractivity contribution >= 4 is 16.8 Å². The summed E-state index contributed by atoms with van der Waals surface area (Å²) in [5.74, 6) is 0.960. The fourth-order valence-corrected chi connectivity index (χ4v) is 4.70. The van der Waals surface area contributed by atoms with Crippen molar-refractivity contribution in [1.82, 2.24) is 19.6 Å². The third-order valence-electron chi connectivity index (χ3n) is 6.81. The summed E-state index contributed by atoms with van der Waals surface area (Å²) < 4.78 is 8.30. The number of rotatable bonds is 9. The van der Waals surface area contributed by atoms with Crippen LogP contribution in [-0.4, -0.2) is 52.2 Å². The number of hydrogen-bond donors (Lipinski definition) is 0. The van der Waals surface area contributed by atoms with Crippen LogP contribution in [0.3, 0.4) is 0 Å². The quantitative estimate of drug-likeness (QED) is 0.442. The highest BCUT2D eigenvalue weighted by Crippen LogP contribution is 2.31. The Labute approximate surface area is 207 Å². The number of aromatic nitrogens is 2. The molecule has 1 aromatic heterocycles. The Kier molecular flexibility index (Phi) is 8.04. The van der Waals surface area contributed by atoms with Crippen LogP contribution in [-0.2, 0) is 17.9 Å². The predicted octanol–water partition coefficient (Wildman–Crippen LogP) is 4.90. The maximum Gasteiger partial charge on any atom is 0.219 e. The van der Waals surface area contributed by atoms with Gasteiger partial charge in [-0.25, -0.2) is 0 Å². The summed E-state index contributed by atoms with van der Waals surface area (Å²) in [6.45, 7) is 7.68. The van der Waals surface area contributed by atoms with Crippen LogP contribution in [0.4, 0.5) is 0 Å². The largest absolute Gasteiger partial charge is 0.489 e. The van der Waals surface area contributed by atoms with Crippen LogP contribution in [0, 0.1) is 11.3 Å². The number of ether oxygens (including phenoxy) is 1. The van der Waals surface area contributed by atoms with E-state index in [1.807, 2.05) is 35.2 Å². The number of benzene rings is 2. The molecule has 1 fully saturated rings. The van der Waals surface area contributed by atoms with Gasteiger partial charge in [0.15, 0.2) is 0 Å². The van der Waals surface area contributed by atoms with E-state index in [1.54, 1.807) is 6.92 Å². The molecule has 2 aromatic carbocycles. The number of fused-ring (bicyclic) bond motifs is 1. The standard InChI is InChI=1S/C28H35N5O2/c1-4-5-14-31(3)19-27-26-17-25(35-20-23-8-6-22(18-29)7-9-23)10-11-28(26)33(30-27)24-12-15-32(16-13-24)21(2)34/h6-11,17,24H,4-5,12-16,19-20H2,1-3H3. The van der Waals surface area contributed by atoms with Gasteiger partial charge in [-0.05, 0) is 68.8 Å². The second kappa shape index (κ2) is 11.4. The zero-order valence-corrected chi connectivity index (χ0v) is 21.0. The molecule has 35 heavy (non-hydrogen) atoms. The lowest BCUT2D eigenvalue weighted by atomic mass is 10.0. The van der Waals surface area contributed by atoms with E-state index in [-0.39, 0.29) is 11.9 Å². The molecular weight excluding hydrogens is 438 g/mol. The lowest BCUT2D eigenvalue weighted by Gasteiger charge is -2.31. The maximum absolute atomic E-state index is 11.8. The molecule has 4 rings (SSSR count). The zero-order valence-electron chi connectivity index (χ0n) is 21.0. The van der Waals surface area contributed by atoms with E-state index >= 15 is 0 Å². The van der Waals surface area contributed by atoms with Crippen molar-refractivity contribution in [1.29, 1.82) is 5.26 Å². The second-order valence-electron chi connectivity index (χ2n) is 9.50. The Morgan fingerprint density at radius 3 is 2.60 bits per heavy atom. The van der Waals surface area contributed by atoms with E-state index < -0.39 is 0 Å². The van der Waals surface area contributed by atoms with Crippen molar-refractivity contribution in [2.24, 2.45) is 0 Å². The molecule has 0 N–H and O–H groups in total. The number of nitriles is 1. The topological polar surface area (TPSA) is 74.4 Å². The van der Waals surface area contributed by atoms with Crippen LogP contribution < -0.4 is 4.74 Å². The van der Waals surface area contributed by atoms with Crippen LogP contribution in [0.5, 0.6) is 5.75 Å². The summed E-state index contributed by atoms with van der Waals surface area (Å²) in [6, 6.07) is 16.1. The Bertz CT molecular complexity index is 1190. The van der Waals surface area contributed by atoms with Crippen molar-refractivity contribution < 1.29 is 9.53 Å². The first kappa shape index (κ1) is 24.7. The monoisotopic (exact) mass is 473 g/mol. The summed E-state index contributed by atoms with van der Waals surface area (Å²) in [7, 11) is 2.15. The number of nitrogens with zero attached hydrogens (tertiary/aromatic N) is 5. The van der Waals surface area contributed by atoms with Crippen molar-refractivity contribution in [3.8, 4) is 11.8 Å². The zero-order chi connectivity index (χ0) is 24.8. The Balaban J connectivity index is 1.57. The second-order valence-corrected chi connectivity index (χ2v) is 9.50. The molecule has 1 aliphatic heterocycles. The third-order valence-corrected chi connectivity index (χ3v) is 6.81. The Morgan fingerprint density at radius 1 is 1.20 bits per heavy atom. The summed E-state index contributed by atoms with van der Waals surface area (Å²) in [5.41, 5.74) is 3.86. The normalized spacial score (nSPS) is 14.4. The highest BCUT2D eigenvalue weighted by atomic mass is 16.5. The maximum atomic E-state index is 11.8. The molecule has 0 aliphatic carbocycles. The van der Waals surface area contributed by atoms with Crippen molar-refractivity contribution in [3.63, 3.8) is 0 Å². The van der Waals surface area contributed by atoms with Crippen LogP contribution in [0.25, 0.3) is 10.9 Å². The molecular formula is C28H35N5O2. The number of piperidine rings is 1. The van der Waals surface area contributed by atoms with E-state index in [0.29, 0.717) is 12.2 Å². The SMILES string of the molecule is CCCCN(C)Cc1nn(C2CCN(C(C)=O)CC2)c2ccc(OCc3ccc(C#N)cc3)cc12. The minimum absolute atomic E-state index is 0.149. The highest BCUT2D eigenvalue weighted by molar-refractivity contribution is 5.83. The molecule has 0 bridgehead atoms. The van der Waals surface area contributed by atoms with Gasteiger partial charge in [-0.3, -0.25) is 9.48 Å². The van der Waals surface area contributed by atoms with E-state index in [0.717, 1.165) is 73.4 Å². The Morgan fingerprint density at radius 2 is 1.94 bits per heavy atom. The van der Waals surface area contributed by atoms with Crippen LogP contribution >= 0.6 is 0 Å². The minimum atomic E-state index is 0.149. The van der Waals surface area contributed by atoms with Gasteiger partial charge in [0.1, 0.15) is 12.4 Å². The van der Waals surface area contributed by atoms with E-state index in [4.69, 9.17) is 15.1 Å². The highest BCUT2D eigenvalue weighted by Gasteiger charge is 2.25. The first-order valence-corrected chi connectivity index (χ1v) is 12.6. The number of carbonyl (C=O) groups is 1. The van der Waals surface area contributed by atoms with Gasteiger partial charge in [-0.15, -0.1) is 0 Å². The van der Waals surface area contributed by atoms with Gasteiger partial charge in [-0.1, -0.05) is 25.5 Å². The molecule has 0 atom stereocenters. The molecule has 7 nitrogen and oxygen atoms in total. The first-order valence-electron chi connectivity index (χ1n) is 12.6. The fraction of sp³-hybridized carbons (Fsp3) is 0.464. The van der Waals surface area contributed by atoms with Gasteiger partial charge in [0.2, 0.25) is 5.91 Å². The molecule has 1 saturated heterocycles. The van der Waals surface area contributed by atoms with Crippen molar-refractivity contribution in [3.05, 3.63) is 59.3 Å². The van der Waals surface area contributed by atoms with Crippen molar-refractivity contribution in [2.45, 2.75) is 58.7 Å². The summed E-state index contributed by atoms with van der Waals surface area (Å²) >= 11 is 0. The summed E-state index contributed by atoms with van der Waals surface area (Å²) in [4.78, 5) is 16.0. The van der Waals surface area contributed by atoms with Gasteiger partial charge in [0.05, 0.1) is 28.9 Å². The number of amides is 1. The number of likely N-dealkylation sites (tertiary alicyclic amines) is 1. The molecule has 3 aromatic rings. The van der Waals surface area contributed by atoms with Gasteiger partial charge in [0.25, 0.3) is 0 Å². The van der Waals surface area contributed by atoms with Crippen LogP contribution in [0.1, 0.15) is 62.4 Å². The lowest BCUT2D eigenvalue weighted by molar-refractivity contribution is -0.130. The molecule has 0 spiro atoms. The average molecular weight is 474 g/mol. The summed E-state index contributed by atoms with van der Waals surface area (Å²) in [6.07, 6.45) is 4.16. The molecule has 184 valence electrons. The number of hydrogen-bond acceptors (Lipinski definition) is 5. The molecule has 2 heterocycles. The van der Waals surface area contributed by atoms with Crippen molar-refractivity contribution in [2.75, 3.05) is 26.7 Å². The third kappa shape index (κ3) is 6.01. The van der Waals surface area contributed by atoms with E-state index in [1.165, 1.54) is 6.42 Å². The van der Waals surface area contributed by atoms with Gasteiger partial charge in [-0.2, -0.15) is 10.4 Å². The van der Waals surface area contributed by atoms with Gasteiger partial charge in [0, 0.05) is 31.9 Å². The fourth-order valence-electron chi connectivity index (χ4n) is 4.70. The van der Waals surface area contributed by atoms with Gasteiger partial charge < -0.3 is 14.5 Å². The van der Waals surface area contributed by atoms with Crippen LogP contribution in [0.2, 0.25) is 0 Å². The smallest absolute Gasteiger partial charge is 0.219 e. The molecule has 1 aliphatic rings. The first-order chi connectivity index (χ1) is 17.0. The Hall–Kier alpha value is -3.37. The predicted molar refractivity (Wildman–Crippen MR) is 137 cm³/mol. The average Bonchev–Trinajstić information content (AvgIpc) is 3.24. The molecule has 0 radical (unpaired) electrons. The molecule has 7 heteroatoms. The minimum Gasteiger partial charge on any atom is -0.489 e. The molecule has 0 unspecified atom stereocenters. The van der Waals surface area contributed by atoms with E-state index in [2.05, 4.69) is 41.8 Å². The molecule has 0 saturated carbocycles. The number of carbonyl (C=O) groups excluding carboxylic acids is 1. The molecule has 1 amide bonds. The van der Waals surface area contributed by atoms with Gasteiger partial charge >= 0.3 is 0 Å². The number of unbranched alkanes of at least 4 members (excludes halogenated alkanes) is 1. The van der Waals surface area contributed by atoms with Crippen LogP contribution in [0.15, 0.2) is 42.5 Å². The van der Waals surface area contributed by atoms with E-state index in [9.17, 15) is 4.79 Å². The summed E-state index contributed by atoms with van der Waals surface area (Å²) in [5, 5.41) is 15.2.